The van der Waals surface area contributed by atoms with Gasteiger partial charge in [0.1, 0.15) is 6.04 Å². The second-order valence-electron chi connectivity index (χ2n) is 4.40. The Balaban J connectivity index is 2.23. The van der Waals surface area contributed by atoms with Gasteiger partial charge in [0.15, 0.2) is 0 Å². The quantitative estimate of drug-likeness (QED) is 0.906. The average Bonchev–Trinajstić information content (AvgIpc) is 2.97. The first-order valence-electron chi connectivity index (χ1n) is 6.10. The predicted molar refractivity (Wildman–Crippen MR) is 75.2 cm³/mol. The normalized spacial score (nSPS) is 12.7. The van der Waals surface area contributed by atoms with Crippen LogP contribution in [0.5, 0.6) is 0 Å². The highest BCUT2D eigenvalue weighted by atomic mass is 32.1. The van der Waals surface area contributed by atoms with Crippen molar-refractivity contribution in [2.45, 2.75) is 12.2 Å². The molecule has 2 aromatic rings. The van der Waals surface area contributed by atoms with Gasteiger partial charge in [-0.25, -0.2) is 0 Å². The lowest BCUT2D eigenvalue weighted by Gasteiger charge is -2.14. The molecule has 0 radical (unpaired) electrons. The molecule has 1 atom stereocenters. The van der Waals surface area contributed by atoms with Crippen molar-refractivity contribution in [3.05, 3.63) is 57.8 Å². The van der Waals surface area contributed by atoms with Crippen LogP contribution in [0.4, 0.5) is 13.2 Å². The van der Waals surface area contributed by atoms with Gasteiger partial charge in [0.05, 0.1) is 5.56 Å². The highest BCUT2D eigenvalue weighted by Gasteiger charge is 2.31. The number of alkyl halides is 3. The topological polar surface area (TPSA) is 72.2 Å². The fourth-order valence-electron chi connectivity index (χ4n) is 1.79. The number of hydrogen-bond donors (Lipinski definition) is 2. The fraction of sp³-hybridized carbons (Fsp3) is 0.143. The molecule has 22 heavy (non-hydrogen) atoms. The van der Waals surface area contributed by atoms with Crippen LogP contribution < -0.4 is 11.1 Å². The number of hydrogen-bond acceptors (Lipinski definition) is 3. The molecule has 0 aliphatic rings. The summed E-state index contributed by atoms with van der Waals surface area (Å²) >= 11 is 1.21. The number of benzene rings is 1. The van der Waals surface area contributed by atoms with Crippen molar-refractivity contribution >= 4 is 23.2 Å². The SMILES string of the molecule is NC(=O)C(NC(=O)c1cccc(C(F)(F)F)c1)c1cccs1. The molecule has 1 heterocycles. The van der Waals surface area contributed by atoms with Gasteiger partial charge in [-0.2, -0.15) is 13.2 Å². The number of amides is 2. The van der Waals surface area contributed by atoms with Gasteiger partial charge in [-0.05, 0) is 29.6 Å². The van der Waals surface area contributed by atoms with E-state index >= 15 is 0 Å². The van der Waals surface area contributed by atoms with E-state index in [1.54, 1.807) is 17.5 Å². The number of carbonyl (C=O) groups is 2. The number of rotatable bonds is 4. The molecule has 0 bridgehead atoms. The highest BCUT2D eigenvalue weighted by molar-refractivity contribution is 7.10. The van der Waals surface area contributed by atoms with Crippen LogP contribution in [0.1, 0.15) is 26.8 Å². The van der Waals surface area contributed by atoms with Crippen molar-refractivity contribution in [3.63, 3.8) is 0 Å². The monoisotopic (exact) mass is 328 g/mol. The van der Waals surface area contributed by atoms with Crippen molar-refractivity contribution in [1.29, 1.82) is 0 Å². The van der Waals surface area contributed by atoms with Crippen LogP contribution in [0.3, 0.4) is 0 Å². The molecule has 0 aliphatic heterocycles. The summed E-state index contributed by atoms with van der Waals surface area (Å²) in [6, 6.07) is 6.14. The summed E-state index contributed by atoms with van der Waals surface area (Å²) in [6.07, 6.45) is -4.55. The summed E-state index contributed by atoms with van der Waals surface area (Å²) in [4.78, 5) is 24.0. The van der Waals surface area contributed by atoms with Crippen molar-refractivity contribution < 1.29 is 22.8 Å². The van der Waals surface area contributed by atoms with Crippen LogP contribution >= 0.6 is 11.3 Å². The smallest absolute Gasteiger partial charge is 0.368 e. The lowest BCUT2D eigenvalue weighted by Crippen LogP contribution is -2.37. The summed E-state index contributed by atoms with van der Waals surface area (Å²) in [6.45, 7) is 0. The largest absolute Gasteiger partial charge is 0.416 e. The molecule has 4 nitrogen and oxygen atoms in total. The van der Waals surface area contributed by atoms with Crippen molar-refractivity contribution in [3.8, 4) is 0 Å². The summed E-state index contributed by atoms with van der Waals surface area (Å²) in [5, 5.41) is 4.04. The van der Waals surface area contributed by atoms with Gasteiger partial charge in [-0.15, -0.1) is 11.3 Å². The Hall–Kier alpha value is -2.35. The minimum atomic E-state index is -4.55. The third-order valence-corrected chi connectivity index (χ3v) is 3.78. The van der Waals surface area contributed by atoms with Gasteiger partial charge in [0.2, 0.25) is 5.91 Å². The molecule has 0 spiro atoms. The van der Waals surface area contributed by atoms with Gasteiger partial charge in [0.25, 0.3) is 5.91 Å². The van der Waals surface area contributed by atoms with E-state index in [1.807, 2.05) is 0 Å². The van der Waals surface area contributed by atoms with Crippen LogP contribution in [0.25, 0.3) is 0 Å². The Labute approximate surface area is 127 Å². The molecule has 1 unspecified atom stereocenters. The van der Waals surface area contributed by atoms with Crippen molar-refractivity contribution in [2.75, 3.05) is 0 Å². The first kappa shape index (κ1) is 16.0. The van der Waals surface area contributed by atoms with Crippen LogP contribution in [-0.2, 0) is 11.0 Å². The molecule has 1 aromatic carbocycles. The lowest BCUT2D eigenvalue weighted by atomic mass is 10.1. The van der Waals surface area contributed by atoms with E-state index in [1.165, 1.54) is 17.4 Å². The lowest BCUT2D eigenvalue weighted by molar-refractivity contribution is -0.137. The van der Waals surface area contributed by atoms with Crippen LogP contribution in [0, 0.1) is 0 Å². The van der Waals surface area contributed by atoms with Gasteiger partial charge >= 0.3 is 6.18 Å². The van der Waals surface area contributed by atoms with Crippen LogP contribution in [0.2, 0.25) is 0 Å². The number of primary amides is 1. The third-order valence-electron chi connectivity index (χ3n) is 2.84. The zero-order valence-corrected chi connectivity index (χ0v) is 11.9. The number of nitrogens with one attached hydrogen (secondary N) is 1. The number of nitrogens with two attached hydrogens (primary N) is 1. The molecule has 3 N–H and O–H groups in total. The Morgan fingerprint density at radius 1 is 1.18 bits per heavy atom. The maximum absolute atomic E-state index is 12.6. The minimum absolute atomic E-state index is 0.197. The molecule has 0 saturated carbocycles. The van der Waals surface area contributed by atoms with Crippen molar-refractivity contribution in [2.24, 2.45) is 5.73 Å². The fourth-order valence-corrected chi connectivity index (χ4v) is 2.57. The summed E-state index contributed by atoms with van der Waals surface area (Å²) < 4.78 is 37.9. The maximum Gasteiger partial charge on any atom is 0.416 e. The number of thiophene rings is 1. The molecule has 8 heteroatoms. The second kappa shape index (κ2) is 6.18. The predicted octanol–water partition coefficient (Wildman–Crippen LogP) is 2.72. The first-order chi connectivity index (χ1) is 10.3. The Bertz CT molecular complexity index is 684. The van der Waals surface area contributed by atoms with E-state index in [0.717, 1.165) is 18.2 Å². The zero-order valence-electron chi connectivity index (χ0n) is 11.1. The number of halogens is 3. The maximum atomic E-state index is 12.6. The second-order valence-corrected chi connectivity index (χ2v) is 5.38. The first-order valence-corrected chi connectivity index (χ1v) is 6.98. The molecule has 1 aromatic heterocycles. The summed E-state index contributed by atoms with van der Waals surface area (Å²) in [5.74, 6) is -1.59. The molecular weight excluding hydrogens is 317 g/mol. The zero-order chi connectivity index (χ0) is 16.3. The third kappa shape index (κ3) is 3.64. The van der Waals surface area contributed by atoms with E-state index in [2.05, 4.69) is 5.32 Å². The van der Waals surface area contributed by atoms with E-state index < -0.39 is 29.6 Å². The minimum Gasteiger partial charge on any atom is -0.368 e. The number of carbonyl (C=O) groups excluding carboxylic acids is 2. The van der Waals surface area contributed by atoms with Gasteiger partial charge in [0, 0.05) is 10.4 Å². The molecular formula is C14H11F3N2O2S. The Kier molecular flexibility index (Phi) is 4.51. The van der Waals surface area contributed by atoms with E-state index in [0.29, 0.717) is 4.88 Å². The molecule has 0 fully saturated rings. The highest BCUT2D eigenvalue weighted by Crippen LogP contribution is 2.29. The summed E-state index contributed by atoms with van der Waals surface area (Å²) in [5.41, 5.74) is 4.09. The molecule has 0 saturated heterocycles. The van der Waals surface area contributed by atoms with Crippen LogP contribution in [-0.4, -0.2) is 11.8 Å². The molecule has 2 rings (SSSR count). The van der Waals surface area contributed by atoms with Gasteiger partial charge in [-0.3, -0.25) is 9.59 Å². The standard InChI is InChI=1S/C14H11F3N2O2S/c15-14(16,17)9-4-1-3-8(7-9)13(21)19-11(12(18)20)10-5-2-6-22-10/h1-7,11H,(H2,18,20)(H,19,21). The molecule has 116 valence electrons. The Morgan fingerprint density at radius 2 is 1.91 bits per heavy atom. The van der Waals surface area contributed by atoms with Gasteiger partial charge < -0.3 is 11.1 Å². The molecule has 2 amide bonds. The average molecular weight is 328 g/mol. The van der Waals surface area contributed by atoms with E-state index in [9.17, 15) is 22.8 Å². The van der Waals surface area contributed by atoms with Gasteiger partial charge in [-0.1, -0.05) is 12.1 Å². The van der Waals surface area contributed by atoms with Crippen molar-refractivity contribution in [1.82, 2.24) is 5.32 Å². The Morgan fingerprint density at radius 3 is 2.45 bits per heavy atom. The summed E-state index contributed by atoms with van der Waals surface area (Å²) in [7, 11) is 0. The van der Waals surface area contributed by atoms with Crippen LogP contribution in [0.15, 0.2) is 41.8 Å². The van der Waals surface area contributed by atoms with E-state index in [4.69, 9.17) is 5.73 Å². The van der Waals surface area contributed by atoms with E-state index in [-0.39, 0.29) is 5.56 Å². The molecule has 0 aliphatic carbocycles.